The molecular weight excluding hydrogens is 286 g/mol. The van der Waals surface area contributed by atoms with Gasteiger partial charge in [-0.05, 0) is 38.5 Å². The van der Waals surface area contributed by atoms with Gasteiger partial charge in [-0.2, -0.15) is 4.98 Å². The second-order valence-electron chi connectivity index (χ2n) is 4.84. The molecule has 5 heteroatoms. The molecule has 1 aromatic heterocycles. The number of halogens is 1. The van der Waals surface area contributed by atoms with Crippen LogP contribution in [0.25, 0.3) is 0 Å². The first-order valence-electron chi connectivity index (χ1n) is 7.10. The summed E-state index contributed by atoms with van der Waals surface area (Å²) in [5, 5.41) is 3.82. The SMILES string of the molecule is CCNc1nc(CC)nc(Oc2ccc(C)cc2Cl)c1C. The highest BCUT2D eigenvalue weighted by molar-refractivity contribution is 6.32. The minimum Gasteiger partial charge on any atom is -0.437 e. The van der Waals surface area contributed by atoms with E-state index in [2.05, 4.69) is 15.3 Å². The van der Waals surface area contributed by atoms with Crippen LogP contribution >= 0.6 is 11.6 Å². The lowest BCUT2D eigenvalue weighted by Gasteiger charge is -2.14. The molecule has 0 atom stereocenters. The Kier molecular flexibility index (Phi) is 5.02. The third-order valence-electron chi connectivity index (χ3n) is 3.10. The fraction of sp³-hybridized carbons (Fsp3) is 0.375. The maximum absolute atomic E-state index is 6.22. The Hall–Kier alpha value is -1.81. The largest absolute Gasteiger partial charge is 0.437 e. The van der Waals surface area contributed by atoms with E-state index >= 15 is 0 Å². The minimum atomic E-state index is 0.545. The Morgan fingerprint density at radius 3 is 2.57 bits per heavy atom. The predicted octanol–water partition coefficient (Wildman–Crippen LogP) is 4.53. The molecule has 112 valence electrons. The van der Waals surface area contributed by atoms with Gasteiger partial charge in [-0.3, -0.25) is 0 Å². The molecule has 4 nitrogen and oxygen atoms in total. The molecule has 21 heavy (non-hydrogen) atoms. The van der Waals surface area contributed by atoms with Gasteiger partial charge < -0.3 is 10.1 Å². The third kappa shape index (κ3) is 3.64. The molecule has 0 amide bonds. The predicted molar refractivity (Wildman–Crippen MR) is 86.6 cm³/mol. The van der Waals surface area contributed by atoms with Crippen LogP contribution in [0.3, 0.4) is 0 Å². The molecule has 0 radical (unpaired) electrons. The third-order valence-corrected chi connectivity index (χ3v) is 3.40. The van der Waals surface area contributed by atoms with Crippen molar-refractivity contribution in [1.82, 2.24) is 9.97 Å². The monoisotopic (exact) mass is 305 g/mol. The molecule has 0 unspecified atom stereocenters. The first-order valence-corrected chi connectivity index (χ1v) is 7.48. The van der Waals surface area contributed by atoms with Crippen LogP contribution in [0.5, 0.6) is 11.6 Å². The number of ether oxygens (including phenoxy) is 1. The average Bonchev–Trinajstić information content (AvgIpc) is 2.46. The standard InChI is InChI=1S/C16H20ClN3O/c1-5-14-19-15(18-6-2)11(4)16(20-14)21-13-8-7-10(3)9-12(13)17/h7-9H,5-6H2,1-4H3,(H,18,19,20). The van der Waals surface area contributed by atoms with Crippen molar-refractivity contribution in [2.45, 2.75) is 34.1 Å². The van der Waals surface area contributed by atoms with Gasteiger partial charge in [-0.15, -0.1) is 0 Å². The Balaban J connectivity index is 2.40. The van der Waals surface area contributed by atoms with E-state index in [1.165, 1.54) is 0 Å². The fourth-order valence-corrected chi connectivity index (χ4v) is 2.20. The summed E-state index contributed by atoms with van der Waals surface area (Å²) < 4.78 is 5.90. The fourth-order valence-electron chi connectivity index (χ4n) is 1.93. The molecule has 0 aliphatic carbocycles. The Labute approximate surface area is 130 Å². The summed E-state index contributed by atoms with van der Waals surface area (Å²) >= 11 is 6.22. The molecule has 0 aliphatic heterocycles. The van der Waals surface area contributed by atoms with E-state index in [-0.39, 0.29) is 0 Å². The highest BCUT2D eigenvalue weighted by Gasteiger charge is 2.13. The number of nitrogens with zero attached hydrogens (tertiary/aromatic N) is 2. The smallest absolute Gasteiger partial charge is 0.227 e. The number of aryl methyl sites for hydroxylation is 2. The molecular formula is C16H20ClN3O. The summed E-state index contributed by atoms with van der Waals surface area (Å²) in [4.78, 5) is 8.94. The first kappa shape index (κ1) is 15.6. The van der Waals surface area contributed by atoms with Crippen LogP contribution in [0.15, 0.2) is 18.2 Å². The summed E-state index contributed by atoms with van der Waals surface area (Å²) in [7, 11) is 0. The summed E-state index contributed by atoms with van der Waals surface area (Å²) in [5.41, 5.74) is 1.97. The van der Waals surface area contributed by atoms with Gasteiger partial charge in [0.25, 0.3) is 0 Å². The number of anilines is 1. The summed E-state index contributed by atoms with van der Waals surface area (Å²) in [5.74, 6) is 2.70. The van der Waals surface area contributed by atoms with Crippen LogP contribution < -0.4 is 10.1 Å². The Morgan fingerprint density at radius 1 is 1.19 bits per heavy atom. The number of aromatic nitrogens is 2. The van der Waals surface area contributed by atoms with Crippen molar-refractivity contribution < 1.29 is 4.74 Å². The summed E-state index contributed by atoms with van der Waals surface area (Å²) in [6, 6.07) is 5.70. The Bertz CT molecular complexity index is 644. The molecule has 1 aromatic carbocycles. The average molecular weight is 306 g/mol. The van der Waals surface area contributed by atoms with Crippen molar-refractivity contribution in [3.05, 3.63) is 40.2 Å². The van der Waals surface area contributed by atoms with Crippen LogP contribution in [0, 0.1) is 13.8 Å². The van der Waals surface area contributed by atoms with Crippen molar-refractivity contribution in [3.63, 3.8) is 0 Å². The Morgan fingerprint density at radius 2 is 1.95 bits per heavy atom. The highest BCUT2D eigenvalue weighted by Crippen LogP contribution is 2.32. The van der Waals surface area contributed by atoms with Crippen LogP contribution in [-0.2, 0) is 6.42 Å². The van der Waals surface area contributed by atoms with E-state index in [0.29, 0.717) is 16.7 Å². The van der Waals surface area contributed by atoms with Gasteiger partial charge >= 0.3 is 0 Å². The van der Waals surface area contributed by atoms with E-state index in [9.17, 15) is 0 Å². The second kappa shape index (κ2) is 6.76. The lowest BCUT2D eigenvalue weighted by molar-refractivity contribution is 0.455. The number of benzene rings is 1. The maximum atomic E-state index is 6.22. The van der Waals surface area contributed by atoms with Crippen molar-refractivity contribution >= 4 is 17.4 Å². The molecule has 2 rings (SSSR count). The maximum Gasteiger partial charge on any atom is 0.227 e. The number of hydrogen-bond donors (Lipinski definition) is 1. The number of rotatable bonds is 5. The second-order valence-corrected chi connectivity index (χ2v) is 5.25. The van der Waals surface area contributed by atoms with Crippen molar-refractivity contribution in [2.24, 2.45) is 0 Å². The quantitative estimate of drug-likeness (QED) is 0.881. The van der Waals surface area contributed by atoms with E-state index in [1.807, 2.05) is 45.9 Å². The lowest BCUT2D eigenvalue weighted by atomic mass is 10.2. The zero-order valence-corrected chi connectivity index (χ0v) is 13.6. The molecule has 1 N–H and O–H groups in total. The van der Waals surface area contributed by atoms with E-state index in [1.54, 1.807) is 0 Å². The molecule has 0 saturated heterocycles. The number of nitrogens with one attached hydrogen (secondary N) is 1. The number of hydrogen-bond acceptors (Lipinski definition) is 4. The molecule has 1 heterocycles. The lowest BCUT2D eigenvalue weighted by Crippen LogP contribution is -2.07. The van der Waals surface area contributed by atoms with Gasteiger partial charge in [-0.25, -0.2) is 4.98 Å². The van der Waals surface area contributed by atoms with Crippen molar-refractivity contribution in [2.75, 3.05) is 11.9 Å². The van der Waals surface area contributed by atoms with E-state index in [0.717, 1.165) is 35.7 Å². The van der Waals surface area contributed by atoms with E-state index in [4.69, 9.17) is 16.3 Å². The molecule has 2 aromatic rings. The zero-order valence-electron chi connectivity index (χ0n) is 12.8. The topological polar surface area (TPSA) is 47.0 Å². The van der Waals surface area contributed by atoms with Crippen molar-refractivity contribution in [3.8, 4) is 11.6 Å². The van der Waals surface area contributed by atoms with Crippen molar-refractivity contribution in [1.29, 1.82) is 0 Å². The van der Waals surface area contributed by atoms with Crippen LogP contribution in [0.4, 0.5) is 5.82 Å². The highest BCUT2D eigenvalue weighted by atomic mass is 35.5. The van der Waals surface area contributed by atoms with Crippen LogP contribution in [0.1, 0.15) is 30.8 Å². The zero-order chi connectivity index (χ0) is 15.4. The minimum absolute atomic E-state index is 0.545. The van der Waals surface area contributed by atoms with Gasteiger partial charge in [0.05, 0.1) is 10.6 Å². The summed E-state index contributed by atoms with van der Waals surface area (Å²) in [6.45, 7) is 8.78. The van der Waals surface area contributed by atoms with Crippen LogP contribution in [-0.4, -0.2) is 16.5 Å². The van der Waals surface area contributed by atoms with Gasteiger partial charge in [0.1, 0.15) is 17.4 Å². The van der Waals surface area contributed by atoms with Gasteiger partial charge in [0.2, 0.25) is 5.88 Å². The van der Waals surface area contributed by atoms with Gasteiger partial charge in [0.15, 0.2) is 0 Å². The molecule has 0 saturated carbocycles. The normalized spacial score (nSPS) is 10.5. The molecule has 0 aliphatic rings. The van der Waals surface area contributed by atoms with Gasteiger partial charge in [0, 0.05) is 13.0 Å². The summed E-state index contributed by atoms with van der Waals surface area (Å²) in [6.07, 6.45) is 0.747. The van der Waals surface area contributed by atoms with Crippen LogP contribution in [0.2, 0.25) is 5.02 Å². The van der Waals surface area contributed by atoms with E-state index < -0.39 is 0 Å². The molecule has 0 fully saturated rings. The molecule has 0 spiro atoms. The first-order chi connectivity index (χ1) is 10.0. The van der Waals surface area contributed by atoms with Gasteiger partial charge in [-0.1, -0.05) is 24.6 Å². The molecule has 0 bridgehead atoms.